The van der Waals surface area contributed by atoms with E-state index in [0.29, 0.717) is 0 Å². The highest BCUT2D eigenvalue weighted by atomic mass is 79.9. The predicted molar refractivity (Wildman–Crippen MR) is 57.3 cm³/mol. The second-order valence-corrected chi connectivity index (χ2v) is 4.37. The van der Waals surface area contributed by atoms with Crippen LogP contribution in [0.3, 0.4) is 0 Å². The van der Waals surface area contributed by atoms with E-state index in [1.807, 2.05) is 4.90 Å². The van der Waals surface area contributed by atoms with Crippen LogP contribution in [-0.2, 0) is 0 Å². The van der Waals surface area contributed by atoms with Crippen molar-refractivity contribution in [2.75, 3.05) is 44.6 Å². The topological polar surface area (TPSA) is 6.48 Å². The van der Waals surface area contributed by atoms with Gasteiger partial charge in [0.15, 0.2) is 0 Å². The highest BCUT2D eigenvalue weighted by Gasteiger charge is 2.16. The monoisotopic (exact) mass is 270 g/mol. The van der Waals surface area contributed by atoms with E-state index in [9.17, 15) is 8.78 Å². The molecule has 0 amide bonds. The lowest BCUT2D eigenvalue weighted by molar-refractivity contribution is 0.0900. The third-order valence-electron chi connectivity index (χ3n) is 2.48. The zero-order chi connectivity index (χ0) is 10.4. The summed E-state index contributed by atoms with van der Waals surface area (Å²) in [5.74, 6) is 0. The fraction of sp³-hybridized carbons (Fsp3) is 1.00. The molecule has 1 heterocycles. The minimum Gasteiger partial charge on any atom is -0.301 e. The van der Waals surface area contributed by atoms with Gasteiger partial charge in [-0.15, -0.1) is 0 Å². The van der Waals surface area contributed by atoms with Gasteiger partial charge < -0.3 is 4.90 Å². The Labute approximate surface area is 92.4 Å². The molecule has 0 saturated carbocycles. The highest BCUT2D eigenvalue weighted by Crippen LogP contribution is 2.05. The van der Waals surface area contributed by atoms with Crippen LogP contribution >= 0.6 is 15.9 Å². The third-order valence-corrected chi connectivity index (χ3v) is 2.83. The number of halogens is 3. The maximum Gasteiger partial charge on any atom is 0.251 e. The minimum atomic E-state index is -2.20. The zero-order valence-corrected chi connectivity index (χ0v) is 9.85. The Morgan fingerprint density at radius 3 is 2.36 bits per heavy atom. The summed E-state index contributed by atoms with van der Waals surface area (Å²) in [5, 5.41) is 0.960. The lowest BCUT2D eigenvalue weighted by Gasteiger charge is -2.20. The quantitative estimate of drug-likeness (QED) is 0.717. The van der Waals surface area contributed by atoms with Crippen LogP contribution in [0.25, 0.3) is 0 Å². The molecular formula is C9H17BrF2N2. The molecule has 0 aliphatic carbocycles. The van der Waals surface area contributed by atoms with Crippen molar-refractivity contribution in [1.82, 2.24) is 9.80 Å². The summed E-state index contributed by atoms with van der Waals surface area (Å²) in [5.41, 5.74) is 0. The Bertz CT molecular complexity index is 158. The molecule has 0 N–H and O–H groups in total. The Morgan fingerprint density at radius 2 is 1.71 bits per heavy atom. The van der Waals surface area contributed by atoms with Crippen molar-refractivity contribution in [3.05, 3.63) is 0 Å². The summed E-state index contributed by atoms with van der Waals surface area (Å²) in [6, 6.07) is 0. The number of rotatable bonds is 4. The Hall–Kier alpha value is 0.260. The van der Waals surface area contributed by atoms with Gasteiger partial charge in [0, 0.05) is 25.0 Å². The Balaban J connectivity index is 2.25. The normalized spacial score (nSPS) is 21.4. The molecule has 5 heteroatoms. The molecule has 1 rings (SSSR count). The van der Waals surface area contributed by atoms with E-state index in [-0.39, 0.29) is 6.54 Å². The first-order valence-electron chi connectivity index (χ1n) is 5.01. The largest absolute Gasteiger partial charge is 0.301 e. The Kier molecular flexibility index (Phi) is 5.89. The van der Waals surface area contributed by atoms with Gasteiger partial charge in [0.1, 0.15) is 0 Å². The first-order valence-corrected chi connectivity index (χ1v) is 6.13. The molecule has 0 spiro atoms. The molecule has 1 fully saturated rings. The van der Waals surface area contributed by atoms with Crippen LogP contribution < -0.4 is 0 Å². The summed E-state index contributed by atoms with van der Waals surface area (Å²) in [7, 11) is 0. The average Bonchev–Trinajstić information content (AvgIpc) is 2.31. The van der Waals surface area contributed by atoms with Gasteiger partial charge in [-0.3, -0.25) is 4.90 Å². The number of alkyl halides is 3. The predicted octanol–water partition coefficient (Wildman–Crippen LogP) is 1.65. The molecule has 1 aliphatic heterocycles. The van der Waals surface area contributed by atoms with E-state index in [4.69, 9.17) is 0 Å². The molecule has 0 aromatic heterocycles. The van der Waals surface area contributed by atoms with Crippen molar-refractivity contribution < 1.29 is 8.78 Å². The van der Waals surface area contributed by atoms with Crippen LogP contribution in [0, 0.1) is 0 Å². The van der Waals surface area contributed by atoms with E-state index in [1.54, 1.807) is 0 Å². The summed E-state index contributed by atoms with van der Waals surface area (Å²) in [4.78, 5) is 4.18. The van der Waals surface area contributed by atoms with E-state index in [2.05, 4.69) is 20.8 Å². The van der Waals surface area contributed by atoms with Crippen LogP contribution in [0.1, 0.15) is 6.42 Å². The molecule has 84 valence electrons. The second-order valence-electron chi connectivity index (χ2n) is 3.58. The van der Waals surface area contributed by atoms with Crippen LogP contribution in [0.2, 0.25) is 0 Å². The van der Waals surface area contributed by atoms with Gasteiger partial charge in [-0.1, -0.05) is 15.9 Å². The molecule has 1 aliphatic rings. The van der Waals surface area contributed by atoms with E-state index < -0.39 is 6.43 Å². The van der Waals surface area contributed by atoms with Crippen molar-refractivity contribution in [1.29, 1.82) is 0 Å². The van der Waals surface area contributed by atoms with E-state index >= 15 is 0 Å². The molecule has 2 nitrogen and oxygen atoms in total. The highest BCUT2D eigenvalue weighted by molar-refractivity contribution is 9.09. The number of nitrogens with zero attached hydrogens (tertiary/aromatic N) is 2. The van der Waals surface area contributed by atoms with Crippen molar-refractivity contribution in [2.24, 2.45) is 0 Å². The molecular weight excluding hydrogens is 254 g/mol. The second kappa shape index (κ2) is 6.69. The molecule has 0 atom stereocenters. The summed E-state index contributed by atoms with van der Waals surface area (Å²) in [6.45, 7) is 4.48. The maximum atomic E-state index is 12.1. The molecule has 14 heavy (non-hydrogen) atoms. The third kappa shape index (κ3) is 4.66. The van der Waals surface area contributed by atoms with Gasteiger partial charge in [0.2, 0.25) is 0 Å². The van der Waals surface area contributed by atoms with Crippen LogP contribution in [0.15, 0.2) is 0 Å². The van der Waals surface area contributed by atoms with Crippen molar-refractivity contribution >= 4 is 15.9 Å². The van der Waals surface area contributed by atoms with Crippen LogP contribution in [0.4, 0.5) is 8.78 Å². The van der Waals surface area contributed by atoms with Gasteiger partial charge in [-0.25, -0.2) is 8.78 Å². The number of hydrogen-bond acceptors (Lipinski definition) is 2. The fourth-order valence-electron chi connectivity index (χ4n) is 1.75. The van der Waals surface area contributed by atoms with Gasteiger partial charge in [-0.2, -0.15) is 0 Å². The maximum absolute atomic E-state index is 12.1. The van der Waals surface area contributed by atoms with Gasteiger partial charge in [0.05, 0.1) is 6.54 Å². The van der Waals surface area contributed by atoms with Crippen molar-refractivity contribution in [2.45, 2.75) is 12.8 Å². The SMILES string of the molecule is FC(F)CN1CCCN(CCBr)CC1. The lowest BCUT2D eigenvalue weighted by Crippen LogP contribution is -2.34. The minimum absolute atomic E-state index is 0.0673. The summed E-state index contributed by atoms with van der Waals surface area (Å²) < 4.78 is 24.3. The molecule has 0 bridgehead atoms. The van der Waals surface area contributed by atoms with Crippen LogP contribution in [0.5, 0.6) is 0 Å². The average molecular weight is 271 g/mol. The fourth-order valence-corrected chi connectivity index (χ4v) is 2.25. The van der Waals surface area contributed by atoms with E-state index in [0.717, 1.165) is 44.5 Å². The standard InChI is InChI=1S/C9H17BrF2N2/c10-2-5-13-3-1-4-14(7-6-13)8-9(11)12/h9H,1-8H2. The van der Waals surface area contributed by atoms with Gasteiger partial charge >= 0.3 is 0 Å². The van der Waals surface area contributed by atoms with Crippen molar-refractivity contribution in [3.8, 4) is 0 Å². The smallest absolute Gasteiger partial charge is 0.251 e. The molecule has 0 unspecified atom stereocenters. The molecule has 1 saturated heterocycles. The zero-order valence-electron chi connectivity index (χ0n) is 8.26. The molecule has 0 aromatic rings. The van der Waals surface area contributed by atoms with Crippen molar-refractivity contribution in [3.63, 3.8) is 0 Å². The first kappa shape index (κ1) is 12.3. The molecule has 0 radical (unpaired) electrons. The van der Waals surface area contributed by atoms with Gasteiger partial charge in [-0.05, 0) is 19.5 Å². The first-order chi connectivity index (χ1) is 6.72. The Morgan fingerprint density at radius 1 is 1.07 bits per heavy atom. The van der Waals surface area contributed by atoms with Gasteiger partial charge in [0.25, 0.3) is 6.43 Å². The number of hydrogen-bond donors (Lipinski definition) is 0. The summed E-state index contributed by atoms with van der Waals surface area (Å²) >= 11 is 3.39. The van der Waals surface area contributed by atoms with Crippen LogP contribution in [-0.4, -0.2) is 60.8 Å². The summed E-state index contributed by atoms with van der Waals surface area (Å²) in [6.07, 6.45) is -1.20. The van der Waals surface area contributed by atoms with E-state index in [1.165, 1.54) is 0 Å². The lowest BCUT2D eigenvalue weighted by atomic mass is 10.4. The molecule has 0 aromatic carbocycles.